The normalized spacial score (nSPS) is 11.6. The summed E-state index contributed by atoms with van der Waals surface area (Å²) in [6.07, 6.45) is 2.75. The predicted molar refractivity (Wildman–Crippen MR) is 142 cm³/mol. The summed E-state index contributed by atoms with van der Waals surface area (Å²) in [6.45, 7) is 6.32. The van der Waals surface area contributed by atoms with Gasteiger partial charge in [-0.15, -0.1) is 0 Å². The molecule has 0 aliphatic heterocycles. The number of amides is 1. The molecule has 8 heteroatoms. The Balaban J connectivity index is 1.77. The summed E-state index contributed by atoms with van der Waals surface area (Å²) >= 11 is 0. The average molecular weight is 495 g/mol. The van der Waals surface area contributed by atoms with E-state index in [-0.39, 0.29) is 22.4 Å². The van der Waals surface area contributed by atoms with Crippen LogP contribution in [0.5, 0.6) is 17.4 Å². The second-order valence-corrected chi connectivity index (χ2v) is 9.27. The number of aromatic nitrogens is 2. The number of nitrogens with zero attached hydrogens (tertiary/aromatic N) is 3. The minimum absolute atomic E-state index is 0.0162. The van der Waals surface area contributed by atoms with Crippen molar-refractivity contribution >= 4 is 23.3 Å². The lowest BCUT2D eigenvalue weighted by Gasteiger charge is -2.19. The number of methoxy groups -OCH3 is 1. The first-order chi connectivity index (χ1) is 17.7. The van der Waals surface area contributed by atoms with Crippen molar-refractivity contribution < 1.29 is 14.3 Å². The van der Waals surface area contributed by atoms with Crippen LogP contribution in [0.3, 0.4) is 0 Å². The van der Waals surface area contributed by atoms with Gasteiger partial charge in [-0.2, -0.15) is 10.2 Å². The van der Waals surface area contributed by atoms with Crippen molar-refractivity contribution in [3.8, 4) is 23.4 Å². The topological polar surface area (TPSA) is 106 Å². The number of hydrogen-bond acceptors (Lipinski definition) is 6. The van der Waals surface area contributed by atoms with Crippen LogP contribution in [0, 0.1) is 11.3 Å². The molecule has 1 N–H and O–H groups in total. The number of pyridine rings is 1. The van der Waals surface area contributed by atoms with Crippen molar-refractivity contribution in [1.82, 2.24) is 9.38 Å². The van der Waals surface area contributed by atoms with Gasteiger partial charge in [0.2, 0.25) is 5.88 Å². The molecule has 4 rings (SSSR count). The molecule has 2 heterocycles. The summed E-state index contributed by atoms with van der Waals surface area (Å²) in [7, 11) is 1.48. The Morgan fingerprint density at radius 1 is 1.05 bits per heavy atom. The Morgan fingerprint density at radius 2 is 1.76 bits per heavy atom. The minimum Gasteiger partial charge on any atom is -0.495 e. The lowest BCUT2D eigenvalue weighted by atomic mass is 9.87. The molecule has 1 amide bonds. The molecule has 0 unspecified atom stereocenters. The van der Waals surface area contributed by atoms with Crippen LogP contribution in [0.1, 0.15) is 31.9 Å². The maximum Gasteiger partial charge on any atom is 0.269 e. The maximum absolute atomic E-state index is 13.4. The van der Waals surface area contributed by atoms with Crippen LogP contribution < -0.4 is 20.3 Å². The standard InChI is InChI=1S/C29H26N4O4/c1-29(2,3)20-12-14-21(15-13-20)37-27-22(28(35)33-16-8-7-11-25(33)32-27)17-19(18-30)26(34)31-23-9-5-6-10-24(23)36-4/h5-17H,1-4H3,(H,31,34)/b19-17+. The second-order valence-electron chi connectivity index (χ2n) is 9.27. The number of nitriles is 1. The number of ether oxygens (including phenoxy) is 2. The Morgan fingerprint density at radius 3 is 2.43 bits per heavy atom. The van der Waals surface area contributed by atoms with Gasteiger partial charge in [0.15, 0.2) is 0 Å². The second kappa shape index (κ2) is 10.4. The van der Waals surface area contributed by atoms with Crippen LogP contribution in [-0.4, -0.2) is 22.4 Å². The van der Waals surface area contributed by atoms with Gasteiger partial charge in [-0.25, -0.2) is 0 Å². The van der Waals surface area contributed by atoms with E-state index in [1.165, 1.54) is 17.6 Å². The van der Waals surface area contributed by atoms with Gasteiger partial charge in [0.1, 0.15) is 34.4 Å². The van der Waals surface area contributed by atoms with Gasteiger partial charge in [0, 0.05) is 6.20 Å². The number of para-hydroxylation sites is 2. The SMILES string of the molecule is COc1ccccc1NC(=O)/C(C#N)=C/c1c(Oc2ccc(C(C)(C)C)cc2)nc2ccccn2c1=O. The van der Waals surface area contributed by atoms with E-state index in [2.05, 4.69) is 31.1 Å². The van der Waals surface area contributed by atoms with E-state index in [1.54, 1.807) is 60.8 Å². The number of benzene rings is 2. The molecule has 37 heavy (non-hydrogen) atoms. The smallest absolute Gasteiger partial charge is 0.269 e. The number of fused-ring (bicyclic) bond motifs is 1. The van der Waals surface area contributed by atoms with Crippen molar-refractivity contribution in [3.05, 3.63) is 100.0 Å². The summed E-state index contributed by atoms with van der Waals surface area (Å²) in [4.78, 5) is 30.9. The molecule has 186 valence electrons. The molecule has 4 aromatic rings. The highest BCUT2D eigenvalue weighted by Crippen LogP contribution is 2.28. The van der Waals surface area contributed by atoms with Crippen molar-refractivity contribution in [2.24, 2.45) is 0 Å². The summed E-state index contributed by atoms with van der Waals surface area (Å²) in [5.74, 6) is 0.178. The average Bonchev–Trinajstić information content (AvgIpc) is 2.88. The summed E-state index contributed by atoms with van der Waals surface area (Å²) in [5.41, 5.74) is 1.02. The zero-order valence-corrected chi connectivity index (χ0v) is 21.0. The Kier molecular flexibility index (Phi) is 7.07. The first kappa shape index (κ1) is 25.2. The van der Waals surface area contributed by atoms with E-state index in [1.807, 2.05) is 18.2 Å². The molecule has 0 bridgehead atoms. The minimum atomic E-state index is -0.704. The lowest BCUT2D eigenvalue weighted by molar-refractivity contribution is -0.112. The molecule has 0 fully saturated rings. The summed E-state index contributed by atoms with van der Waals surface area (Å²) in [6, 6.07) is 21.3. The van der Waals surface area contributed by atoms with Crippen molar-refractivity contribution in [3.63, 3.8) is 0 Å². The molecule has 0 saturated carbocycles. The van der Waals surface area contributed by atoms with Crippen LogP contribution >= 0.6 is 0 Å². The third-order valence-electron chi connectivity index (χ3n) is 5.68. The molecule has 0 saturated heterocycles. The highest BCUT2D eigenvalue weighted by molar-refractivity contribution is 6.10. The van der Waals surface area contributed by atoms with Crippen LogP contribution in [0.25, 0.3) is 11.7 Å². The van der Waals surface area contributed by atoms with Crippen LogP contribution in [-0.2, 0) is 10.2 Å². The first-order valence-electron chi connectivity index (χ1n) is 11.6. The molecule has 0 aliphatic rings. The third kappa shape index (κ3) is 5.52. The van der Waals surface area contributed by atoms with Crippen molar-refractivity contribution in [2.45, 2.75) is 26.2 Å². The number of nitrogens with one attached hydrogen (secondary N) is 1. The Hall–Kier alpha value is -4.90. The Labute approximate surface area is 214 Å². The number of anilines is 1. The quantitative estimate of drug-likeness (QED) is 0.287. The third-order valence-corrected chi connectivity index (χ3v) is 5.68. The first-order valence-corrected chi connectivity index (χ1v) is 11.6. The fraction of sp³-hybridized carbons (Fsp3) is 0.172. The van der Waals surface area contributed by atoms with Gasteiger partial charge in [-0.3, -0.25) is 14.0 Å². The molecular weight excluding hydrogens is 468 g/mol. The van der Waals surface area contributed by atoms with E-state index in [9.17, 15) is 14.9 Å². The highest BCUT2D eigenvalue weighted by Gasteiger charge is 2.19. The fourth-order valence-corrected chi connectivity index (χ4v) is 3.65. The molecule has 2 aromatic carbocycles. The van der Waals surface area contributed by atoms with Gasteiger partial charge in [-0.1, -0.05) is 51.1 Å². The van der Waals surface area contributed by atoms with E-state index in [0.717, 1.165) is 5.56 Å². The van der Waals surface area contributed by atoms with Crippen LogP contribution in [0.2, 0.25) is 0 Å². The number of carbonyl (C=O) groups excluding carboxylic acids is 1. The van der Waals surface area contributed by atoms with Crippen LogP contribution in [0.4, 0.5) is 5.69 Å². The fourth-order valence-electron chi connectivity index (χ4n) is 3.65. The van der Waals surface area contributed by atoms with Gasteiger partial charge < -0.3 is 14.8 Å². The molecule has 8 nitrogen and oxygen atoms in total. The van der Waals surface area contributed by atoms with E-state index in [4.69, 9.17) is 9.47 Å². The Bertz CT molecular complexity index is 1590. The molecule has 0 aliphatic carbocycles. The highest BCUT2D eigenvalue weighted by atomic mass is 16.5. The largest absolute Gasteiger partial charge is 0.495 e. The van der Waals surface area contributed by atoms with Crippen LogP contribution in [0.15, 0.2) is 83.3 Å². The van der Waals surface area contributed by atoms with Gasteiger partial charge in [0.05, 0.1) is 12.8 Å². The molecule has 2 aromatic heterocycles. The lowest BCUT2D eigenvalue weighted by Crippen LogP contribution is -2.20. The molecule has 0 radical (unpaired) electrons. The molecule has 0 atom stereocenters. The monoisotopic (exact) mass is 494 g/mol. The number of rotatable bonds is 6. The molecule has 0 spiro atoms. The van der Waals surface area contributed by atoms with Crippen molar-refractivity contribution in [2.75, 3.05) is 12.4 Å². The zero-order valence-electron chi connectivity index (χ0n) is 21.0. The van der Waals surface area contributed by atoms with E-state index < -0.39 is 11.5 Å². The molecular formula is C29H26N4O4. The van der Waals surface area contributed by atoms with E-state index in [0.29, 0.717) is 22.8 Å². The maximum atomic E-state index is 13.4. The van der Waals surface area contributed by atoms with Gasteiger partial charge in [-0.05, 0) is 53.5 Å². The zero-order chi connectivity index (χ0) is 26.6. The van der Waals surface area contributed by atoms with E-state index >= 15 is 0 Å². The predicted octanol–water partition coefficient (Wildman–Crippen LogP) is 5.34. The van der Waals surface area contributed by atoms with Gasteiger partial charge in [0.25, 0.3) is 11.5 Å². The summed E-state index contributed by atoms with van der Waals surface area (Å²) in [5, 5.41) is 12.4. The summed E-state index contributed by atoms with van der Waals surface area (Å²) < 4.78 is 12.6. The number of carbonyl (C=O) groups is 1. The van der Waals surface area contributed by atoms with Crippen molar-refractivity contribution in [1.29, 1.82) is 5.26 Å². The van der Waals surface area contributed by atoms with Gasteiger partial charge >= 0.3 is 0 Å². The number of hydrogen-bond donors (Lipinski definition) is 1.